The minimum absolute atomic E-state index is 0.0924. The molecule has 90 valence electrons. The largest absolute Gasteiger partial charge is 0.368 e. The molecule has 0 saturated heterocycles. The van der Waals surface area contributed by atoms with E-state index < -0.39 is 0 Å². The Labute approximate surface area is 113 Å². The van der Waals surface area contributed by atoms with E-state index in [0.717, 1.165) is 13.0 Å². The van der Waals surface area contributed by atoms with E-state index in [1.165, 1.54) is 6.33 Å². The van der Waals surface area contributed by atoms with Crippen LogP contribution >= 0.6 is 34.2 Å². The second-order valence-electron chi connectivity index (χ2n) is 4.35. The Morgan fingerprint density at radius 3 is 2.94 bits per heavy atom. The lowest BCUT2D eigenvalue weighted by Crippen LogP contribution is -2.25. The van der Waals surface area contributed by atoms with Crippen molar-refractivity contribution < 1.29 is 0 Å². The van der Waals surface area contributed by atoms with E-state index >= 15 is 0 Å². The van der Waals surface area contributed by atoms with Gasteiger partial charge in [-0.25, -0.2) is 4.98 Å². The van der Waals surface area contributed by atoms with Gasteiger partial charge in [0.2, 0.25) is 0 Å². The number of hydrogen-bond acceptors (Lipinski definition) is 3. The van der Waals surface area contributed by atoms with Gasteiger partial charge in [0, 0.05) is 12.4 Å². The number of rotatable bonds is 5. The van der Waals surface area contributed by atoms with Crippen LogP contribution in [-0.4, -0.2) is 22.4 Å². The summed E-state index contributed by atoms with van der Waals surface area (Å²) in [6.07, 6.45) is 2.32. The predicted octanol–water partition coefficient (Wildman–Crippen LogP) is 2.44. The number of H-pyrrole nitrogens is 1. The number of hydrogen-bond donors (Lipinski definition) is 2. The first-order chi connectivity index (χ1) is 7.46. The third-order valence-electron chi connectivity index (χ3n) is 2.30. The molecule has 0 spiro atoms. The molecular weight excluding hydrogens is 340 g/mol. The van der Waals surface area contributed by atoms with Gasteiger partial charge in [0.05, 0.1) is 6.33 Å². The van der Waals surface area contributed by atoms with E-state index in [9.17, 15) is 4.79 Å². The van der Waals surface area contributed by atoms with E-state index in [0.29, 0.717) is 15.3 Å². The molecular formula is C10H15ClIN3O. The van der Waals surface area contributed by atoms with Gasteiger partial charge < -0.3 is 10.3 Å². The fraction of sp³-hybridized carbons (Fsp3) is 0.600. The molecule has 0 aromatic carbocycles. The molecule has 0 amide bonds. The molecule has 0 unspecified atom stereocenters. The molecule has 1 aromatic heterocycles. The predicted molar refractivity (Wildman–Crippen MR) is 75.2 cm³/mol. The van der Waals surface area contributed by atoms with E-state index in [1.54, 1.807) is 0 Å². The Kier molecular flexibility index (Phi) is 5.04. The van der Waals surface area contributed by atoms with Gasteiger partial charge in [-0.05, 0) is 34.4 Å². The van der Waals surface area contributed by atoms with Crippen molar-refractivity contribution in [1.82, 2.24) is 9.97 Å². The minimum Gasteiger partial charge on any atom is -0.368 e. The summed E-state index contributed by atoms with van der Waals surface area (Å²) in [6.45, 7) is 5.00. The fourth-order valence-electron chi connectivity index (χ4n) is 1.17. The van der Waals surface area contributed by atoms with E-state index in [-0.39, 0.29) is 11.0 Å². The number of alkyl halides is 1. The minimum atomic E-state index is -0.117. The van der Waals surface area contributed by atoms with Crippen molar-refractivity contribution in [3.05, 3.63) is 20.3 Å². The van der Waals surface area contributed by atoms with Gasteiger partial charge in [0.15, 0.2) is 0 Å². The number of anilines is 1. The first-order valence-corrected chi connectivity index (χ1v) is 6.60. The maximum Gasteiger partial charge on any atom is 0.266 e. The van der Waals surface area contributed by atoms with Gasteiger partial charge in [-0.2, -0.15) is 0 Å². The molecule has 0 bridgehead atoms. The number of nitrogens with one attached hydrogen (secondary N) is 2. The molecule has 6 heteroatoms. The average molecular weight is 356 g/mol. The summed E-state index contributed by atoms with van der Waals surface area (Å²) in [5.74, 6) is 1.26. The highest BCUT2D eigenvalue weighted by atomic mass is 127. The molecule has 1 rings (SSSR count). The van der Waals surface area contributed by atoms with Crippen LogP contribution in [-0.2, 0) is 0 Å². The molecule has 2 N–H and O–H groups in total. The molecule has 0 aliphatic heterocycles. The van der Waals surface area contributed by atoms with Gasteiger partial charge in [0.25, 0.3) is 5.56 Å². The number of nitrogens with zero attached hydrogens (tertiary/aromatic N) is 1. The van der Waals surface area contributed by atoms with Gasteiger partial charge in [-0.15, -0.1) is 11.6 Å². The van der Waals surface area contributed by atoms with Crippen LogP contribution in [0.2, 0.25) is 0 Å². The van der Waals surface area contributed by atoms with Crippen molar-refractivity contribution >= 4 is 40.0 Å². The maximum atomic E-state index is 11.3. The summed E-state index contributed by atoms with van der Waals surface area (Å²) >= 11 is 7.71. The molecule has 0 aliphatic carbocycles. The van der Waals surface area contributed by atoms with Crippen LogP contribution in [0.15, 0.2) is 11.1 Å². The van der Waals surface area contributed by atoms with Crippen LogP contribution in [0.4, 0.5) is 5.82 Å². The van der Waals surface area contributed by atoms with Crippen LogP contribution < -0.4 is 10.9 Å². The first-order valence-electron chi connectivity index (χ1n) is 4.99. The lowest BCUT2D eigenvalue weighted by atomic mass is 9.90. The van der Waals surface area contributed by atoms with Gasteiger partial charge in [-0.3, -0.25) is 4.79 Å². The van der Waals surface area contributed by atoms with Crippen molar-refractivity contribution in [2.24, 2.45) is 5.41 Å². The van der Waals surface area contributed by atoms with Crippen LogP contribution in [0.1, 0.15) is 20.3 Å². The normalized spacial score (nSPS) is 11.5. The highest BCUT2D eigenvalue weighted by Gasteiger charge is 2.17. The summed E-state index contributed by atoms with van der Waals surface area (Å²) in [5, 5.41) is 3.18. The summed E-state index contributed by atoms with van der Waals surface area (Å²) in [6, 6.07) is 0. The molecule has 1 aromatic rings. The van der Waals surface area contributed by atoms with Crippen molar-refractivity contribution in [2.45, 2.75) is 20.3 Å². The average Bonchev–Trinajstić information content (AvgIpc) is 2.20. The second kappa shape index (κ2) is 5.86. The van der Waals surface area contributed by atoms with E-state index in [4.69, 9.17) is 11.6 Å². The topological polar surface area (TPSA) is 57.8 Å². The van der Waals surface area contributed by atoms with E-state index in [1.807, 2.05) is 22.6 Å². The Bertz CT molecular complexity index is 405. The van der Waals surface area contributed by atoms with Crippen molar-refractivity contribution in [3.8, 4) is 0 Å². The van der Waals surface area contributed by atoms with Gasteiger partial charge >= 0.3 is 0 Å². The molecule has 0 radical (unpaired) electrons. The fourth-order valence-corrected chi connectivity index (χ4v) is 2.17. The van der Waals surface area contributed by atoms with Crippen molar-refractivity contribution in [1.29, 1.82) is 0 Å². The number of aromatic amines is 1. The lowest BCUT2D eigenvalue weighted by Gasteiger charge is -2.24. The zero-order chi connectivity index (χ0) is 12.2. The standard InChI is InChI=1S/C10H15ClIN3O/c1-10(2,3-4-11)5-13-8-7(12)9(16)15-6-14-8/h6H,3-5H2,1-2H3,(H2,13,14,15,16). The molecule has 16 heavy (non-hydrogen) atoms. The van der Waals surface area contributed by atoms with Crippen molar-refractivity contribution in [2.75, 3.05) is 17.7 Å². The van der Waals surface area contributed by atoms with Crippen molar-refractivity contribution in [3.63, 3.8) is 0 Å². The Hall–Kier alpha value is -0.300. The SMILES string of the molecule is CC(C)(CCCl)CNc1nc[nH]c(=O)c1I. The summed E-state index contributed by atoms with van der Waals surface area (Å²) < 4.78 is 0.585. The Morgan fingerprint density at radius 1 is 1.62 bits per heavy atom. The molecule has 1 heterocycles. The molecule has 4 nitrogen and oxygen atoms in total. The second-order valence-corrected chi connectivity index (χ2v) is 5.81. The maximum absolute atomic E-state index is 11.3. The monoisotopic (exact) mass is 355 g/mol. The summed E-state index contributed by atoms with van der Waals surface area (Å²) in [4.78, 5) is 17.9. The van der Waals surface area contributed by atoms with Crippen LogP contribution in [0, 0.1) is 8.99 Å². The quantitative estimate of drug-likeness (QED) is 0.630. The smallest absolute Gasteiger partial charge is 0.266 e. The summed E-state index contributed by atoms with van der Waals surface area (Å²) in [7, 11) is 0. The Balaban J connectivity index is 2.68. The molecule has 0 atom stereocenters. The number of aromatic nitrogens is 2. The zero-order valence-corrected chi connectivity index (χ0v) is 12.2. The third-order valence-corrected chi connectivity index (χ3v) is 3.49. The van der Waals surface area contributed by atoms with Crippen LogP contribution in [0.25, 0.3) is 0 Å². The Morgan fingerprint density at radius 2 is 2.31 bits per heavy atom. The molecule has 0 aliphatic rings. The number of halogens is 2. The van der Waals surface area contributed by atoms with Gasteiger partial charge in [-0.1, -0.05) is 13.8 Å². The zero-order valence-electron chi connectivity index (χ0n) is 9.31. The molecule has 0 fully saturated rings. The van der Waals surface area contributed by atoms with Gasteiger partial charge in [0.1, 0.15) is 9.39 Å². The highest BCUT2D eigenvalue weighted by molar-refractivity contribution is 14.1. The third kappa shape index (κ3) is 3.93. The lowest BCUT2D eigenvalue weighted by molar-refractivity contribution is 0.379. The first kappa shape index (κ1) is 13.8. The highest BCUT2D eigenvalue weighted by Crippen LogP contribution is 2.21. The van der Waals surface area contributed by atoms with Crippen LogP contribution in [0.3, 0.4) is 0 Å². The molecule has 0 saturated carbocycles. The van der Waals surface area contributed by atoms with Crippen LogP contribution in [0.5, 0.6) is 0 Å². The van der Waals surface area contributed by atoms with E-state index in [2.05, 4.69) is 29.1 Å². The summed E-state index contributed by atoms with van der Waals surface area (Å²) in [5.41, 5.74) is -0.0250.